The van der Waals surface area contributed by atoms with Gasteiger partial charge >= 0.3 is 0 Å². The number of nitrogens with zero attached hydrogens (tertiary/aromatic N) is 1. The summed E-state index contributed by atoms with van der Waals surface area (Å²) in [6.45, 7) is 4.58. The Balaban J connectivity index is 4.01. The summed E-state index contributed by atoms with van der Waals surface area (Å²) in [7, 11) is 1.27. The molecular weight excluding hydrogens is 1120 g/mol. The van der Waals surface area contributed by atoms with Crippen molar-refractivity contribution in [2.75, 3.05) is 40.9 Å². The average molecular weight is 1260 g/mol. The van der Waals surface area contributed by atoms with Gasteiger partial charge in [-0.2, -0.15) is 0 Å². The molecule has 0 aromatic heterocycles. The molecule has 0 aromatic rings. The van der Waals surface area contributed by atoms with Crippen molar-refractivity contribution in [2.24, 2.45) is 0 Å². The largest absolute Gasteiger partial charge is 0.756 e. The fourth-order valence-electron chi connectivity index (χ4n) is 11.2. The number of nitrogens with one attached hydrogen (secondary N) is 1. The van der Waals surface area contributed by atoms with Gasteiger partial charge in [0.15, 0.2) is 0 Å². The summed E-state index contributed by atoms with van der Waals surface area (Å²) in [5.41, 5.74) is 0. The number of phosphoric acid groups is 1. The standard InChI is InChI=1S/C80H147N2O6P/c1-6-8-10-12-14-16-18-20-22-24-26-28-30-32-34-36-37-38-39-40-41-42-43-44-45-46-48-50-52-54-56-58-60-62-64-66-68-70-72-74-80(84)81-78(77-88-89(85,86)87-76-75-82(3,4)5)79(83)73-71-69-67-65-63-61-59-57-55-53-51-49-47-35-33-31-29-27-25-23-21-19-17-15-13-11-9-7-2/h8,10,14,16,20,22,26,28,32,34,37-38,40-41,71,73,78-79,83H,6-7,9,11-13,15,17-19,21,23-25,27,29-31,33,35-36,39,42-70,72,74-77H2,1-5H3,(H-,81,84,85,86)/b10-8-,16-14-,22-20-,28-26-,34-32-,38-37-,41-40-,73-71+. The second kappa shape index (κ2) is 69.8. The molecule has 0 aliphatic carbocycles. The first-order valence-corrected chi connectivity index (χ1v) is 39.6. The number of hydrogen-bond donors (Lipinski definition) is 2. The number of aliphatic hydroxyl groups is 1. The van der Waals surface area contributed by atoms with Crippen LogP contribution in [-0.4, -0.2) is 68.5 Å². The Kier molecular flexibility index (Phi) is 67.7. The fraction of sp³-hybridized carbons (Fsp3) is 0.787. The Bertz CT molecular complexity index is 1780. The molecule has 2 N–H and O–H groups in total. The van der Waals surface area contributed by atoms with Gasteiger partial charge in [0.2, 0.25) is 5.91 Å². The SMILES string of the molecule is CC/C=C\C/C=C\C/C=C\C/C=C\C/C=C\C/C=C\C/C=C\CCCCCCCCCCCCCCCCCCCC(=O)NC(COP(=O)([O-])OCC[N+](C)(C)C)C(O)/C=C/CCCCCCCCCCCCCCCCCCCCCCCCCCCC. The second-order valence-electron chi connectivity index (χ2n) is 27.0. The van der Waals surface area contributed by atoms with Crippen LogP contribution < -0.4 is 10.2 Å². The lowest BCUT2D eigenvalue weighted by atomic mass is 10.0. The zero-order valence-electron chi connectivity index (χ0n) is 59.4. The molecule has 89 heavy (non-hydrogen) atoms. The molecule has 0 aromatic carbocycles. The number of phosphoric ester groups is 1. The first kappa shape index (κ1) is 86.4. The van der Waals surface area contributed by atoms with Crippen molar-refractivity contribution < 1.29 is 32.9 Å². The van der Waals surface area contributed by atoms with Crippen LogP contribution in [0.3, 0.4) is 0 Å². The lowest BCUT2D eigenvalue weighted by molar-refractivity contribution is -0.870. The quantitative estimate of drug-likeness (QED) is 0.0272. The maximum absolute atomic E-state index is 13.1. The van der Waals surface area contributed by atoms with Gasteiger partial charge < -0.3 is 28.8 Å². The number of hydrogen-bond acceptors (Lipinski definition) is 6. The van der Waals surface area contributed by atoms with Crippen LogP contribution in [0.4, 0.5) is 0 Å². The highest BCUT2D eigenvalue weighted by Gasteiger charge is 2.23. The topological polar surface area (TPSA) is 108 Å². The lowest BCUT2D eigenvalue weighted by Gasteiger charge is -2.29. The predicted octanol–water partition coefficient (Wildman–Crippen LogP) is 24.2. The smallest absolute Gasteiger partial charge is 0.268 e. The summed E-state index contributed by atoms with van der Waals surface area (Å²) in [5, 5.41) is 14.0. The first-order chi connectivity index (χ1) is 43.5. The number of carbonyl (C=O) groups is 1. The van der Waals surface area contributed by atoms with Crippen molar-refractivity contribution in [1.29, 1.82) is 0 Å². The van der Waals surface area contributed by atoms with Crippen molar-refractivity contribution in [3.63, 3.8) is 0 Å². The third kappa shape index (κ3) is 72.7. The molecule has 1 amide bonds. The van der Waals surface area contributed by atoms with E-state index in [0.29, 0.717) is 17.4 Å². The Morgan fingerprint density at radius 2 is 0.685 bits per heavy atom. The van der Waals surface area contributed by atoms with Crippen LogP contribution in [0.1, 0.15) is 354 Å². The molecule has 0 fully saturated rings. The molecule has 0 saturated carbocycles. The van der Waals surface area contributed by atoms with Crippen molar-refractivity contribution in [3.05, 3.63) is 97.2 Å². The minimum atomic E-state index is -4.61. The summed E-state index contributed by atoms with van der Waals surface area (Å²) in [4.78, 5) is 25.7. The van der Waals surface area contributed by atoms with E-state index < -0.39 is 20.0 Å². The molecule has 3 atom stereocenters. The fourth-order valence-corrected chi connectivity index (χ4v) is 11.9. The molecule has 0 aliphatic heterocycles. The van der Waals surface area contributed by atoms with E-state index in [9.17, 15) is 19.4 Å². The van der Waals surface area contributed by atoms with E-state index in [4.69, 9.17) is 9.05 Å². The van der Waals surface area contributed by atoms with Crippen molar-refractivity contribution in [2.45, 2.75) is 366 Å². The van der Waals surface area contributed by atoms with Crippen LogP contribution in [0.15, 0.2) is 97.2 Å². The Labute approximate surface area is 553 Å². The van der Waals surface area contributed by atoms with Crippen LogP contribution in [-0.2, 0) is 18.4 Å². The summed E-state index contributed by atoms with van der Waals surface area (Å²) >= 11 is 0. The van der Waals surface area contributed by atoms with Crippen LogP contribution in [0.2, 0.25) is 0 Å². The molecule has 0 saturated heterocycles. The maximum Gasteiger partial charge on any atom is 0.268 e. The summed E-state index contributed by atoms with van der Waals surface area (Å²) in [6, 6.07) is -0.892. The van der Waals surface area contributed by atoms with E-state index in [-0.39, 0.29) is 19.1 Å². The van der Waals surface area contributed by atoms with E-state index in [1.165, 1.54) is 250 Å². The number of unbranched alkanes of at least 4 members (excludes halogenated alkanes) is 43. The van der Waals surface area contributed by atoms with E-state index in [0.717, 1.165) is 83.5 Å². The van der Waals surface area contributed by atoms with Gasteiger partial charge in [-0.05, 0) is 77.0 Å². The minimum Gasteiger partial charge on any atom is -0.756 e. The number of quaternary nitrogens is 1. The summed E-state index contributed by atoms with van der Waals surface area (Å²) in [6.07, 6.45) is 101. The second-order valence-corrected chi connectivity index (χ2v) is 28.4. The molecule has 518 valence electrons. The number of rotatable bonds is 70. The molecule has 0 heterocycles. The molecular formula is C80H147N2O6P. The molecule has 0 aliphatic rings. The number of amides is 1. The van der Waals surface area contributed by atoms with Gasteiger partial charge in [-0.1, -0.05) is 368 Å². The third-order valence-corrected chi connectivity index (χ3v) is 18.0. The van der Waals surface area contributed by atoms with Gasteiger partial charge in [-0.25, -0.2) is 0 Å². The predicted molar refractivity (Wildman–Crippen MR) is 390 cm³/mol. The minimum absolute atomic E-state index is 0.00224. The number of allylic oxidation sites excluding steroid dienone is 15. The average Bonchev–Trinajstić information content (AvgIpc) is 3.55. The van der Waals surface area contributed by atoms with Gasteiger partial charge in [0.05, 0.1) is 39.9 Å². The van der Waals surface area contributed by atoms with Crippen molar-refractivity contribution in [1.82, 2.24) is 5.32 Å². The number of likely N-dealkylation sites (N-methyl/N-ethyl adjacent to an activating group) is 1. The van der Waals surface area contributed by atoms with Crippen molar-refractivity contribution in [3.8, 4) is 0 Å². The van der Waals surface area contributed by atoms with Gasteiger partial charge in [-0.3, -0.25) is 9.36 Å². The van der Waals surface area contributed by atoms with Crippen LogP contribution in [0.25, 0.3) is 0 Å². The molecule has 0 radical (unpaired) electrons. The van der Waals surface area contributed by atoms with Gasteiger partial charge in [-0.15, -0.1) is 0 Å². The molecule has 9 heteroatoms. The molecule has 0 rings (SSSR count). The van der Waals surface area contributed by atoms with E-state index in [1.54, 1.807) is 6.08 Å². The van der Waals surface area contributed by atoms with Gasteiger partial charge in [0, 0.05) is 6.42 Å². The van der Waals surface area contributed by atoms with E-state index in [1.807, 2.05) is 27.2 Å². The number of aliphatic hydroxyl groups excluding tert-OH is 1. The van der Waals surface area contributed by atoms with Crippen molar-refractivity contribution >= 4 is 13.7 Å². The Morgan fingerprint density at radius 1 is 0.404 bits per heavy atom. The summed E-state index contributed by atoms with van der Waals surface area (Å²) in [5.74, 6) is -0.194. The highest BCUT2D eigenvalue weighted by atomic mass is 31.2. The summed E-state index contributed by atoms with van der Waals surface area (Å²) < 4.78 is 23.5. The van der Waals surface area contributed by atoms with Crippen LogP contribution in [0, 0.1) is 0 Å². The highest BCUT2D eigenvalue weighted by molar-refractivity contribution is 7.45. The van der Waals surface area contributed by atoms with Gasteiger partial charge in [0.25, 0.3) is 7.82 Å². The normalized spacial score (nSPS) is 14.1. The van der Waals surface area contributed by atoms with E-state index >= 15 is 0 Å². The lowest BCUT2D eigenvalue weighted by Crippen LogP contribution is -2.45. The maximum atomic E-state index is 13.1. The molecule has 0 bridgehead atoms. The molecule has 0 spiro atoms. The van der Waals surface area contributed by atoms with Gasteiger partial charge in [0.1, 0.15) is 13.2 Å². The Hall–Kier alpha value is -2.58. The number of carbonyl (C=O) groups excluding carboxylic acids is 1. The first-order valence-electron chi connectivity index (χ1n) is 38.1. The third-order valence-electron chi connectivity index (χ3n) is 17.0. The monoisotopic (exact) mass is 1260 g/mol. The van der Waals surface area contributed by atoms with Crippen LogP contribution >= 0.6 is 7.82 Å². The molecule has 8 nitrogen and oxygen atoms in total. The zero-order chi connectivity index (χ0) is 64.8. The van der Waals surface area contributed by atoms with Crippen LogP contribution in [0.5, 0.6) is 0 Å². The Morgan fingerprint density at radius 3 is 1.00 bits per heavy atom. The van der Waals surface area contributed by atoms with E-state index in [2.05, 4.69) is 104 Å². The molecule has 3 unspecified atom stereocenters. The zero-order valence-corrected chi connectivity index (χ0v) is 60.3. The highest BCUT2D eigenvalue weighted by Crippen LogP contribution is 2.38.